The Morgan fingerprint density at radius 1 is 1.06 bits per heavy atom. The van der Waals surface area contributed by atoms with Gasteiger partial charge in [0.05, 0.1) is 18.2 Å². The summed E-state index contributed by atoms with van der Waals surface area (Å²) in [5.41, 5.74) is 4.00. The molecule has 3 amide bonds. The zero-order valence-corrected chi connectivity index (χ0v) is 20.5. The lowest BCUT2D eigenvalue weighted by atomic mass is 9.91. The van der Waals surface area contributed by atoms with Gasteiger partial charge < -0.3 is 9.88 Å². The number of hydrogen-bond donors (Lipinski definition) is 1. The lowest BCUT2D eigenvalue weighted by Gasteiger charge is -2.22. The van der Waals surface area contributed by atoms with Crippen LogP contribution in [-0.4, -0.2) is 33.7 Å². The van der Waals surface area contributed by atoms with Crippen LogP contribution in [0.2, 0.25) is 0 Å². The third-order valence-electron chi connectivity index (χ3n) is 6.72. The first-order valence-corrected chi connectivity index (χ1v) is 11.5. The third-order valence-corrected chi connectivity index (χ3v) is 6.72. The highest BCUT2D eigenvalue weighted by Gasteiger charge is 2.49. The van der Waals surface area contributed by atoms with E-state index in [-0.39, 0.29) is 12.3 Å². The van der Waals surface area contributed by atoms with Gasteiger partial charge in [0, 0.05) is 22.6 Å². The van der Waals surface area contributed by atoms with E-state index in [0.29, 0.717) is 22.6 Å². The summed E-state index contributed by atoms with van der Waals surface area (Å²) in [7, 11) is 0. The molecule has 1 saturated heterocycles. The second kappa shape index (κ2) is 8.88. The Bertz CT molecular complexity index is 1360. The van der Waals surface area contributed by atoms with Crippen LogP contribution in [0.3, 0.4) is 0 Å². The molecule has 0 spiro atoms. The minimum atomic E-state index is -1.31. The second-order valence-corrected chi connectivity index (χ2v) is 9.43. The number of nitriles is 1. The predicted octanol–water partition coefficient (Wildman–Crippen LogP) is 4.74. The van der Waals surface area contributed by atoms with E-state index in [0.717, 1.165) is 22.0 Å². The van der Waals surface area contributed by atoms with Gasteiger partial charge in [-0.2, -0.15) is 5.26 Å². The number of nitrogens with zero attached hydrogens (tertiary/aromatic N) is 3. The van der Waals surface area contributed by atoms with Gasteiger partial charge in [-0.15, -0.1) is 0 Å². The smallest absolute Gasteiger partial charge is 0.319 e. The van der Waals surface area contributed by atoms with E-state index < -0.39 is 17.5 Å². The molecule has 1 fully saturated rings. The zero-order valence-electron chi connectivity index (χ0n) is 20.5. The molecule has 1 unspecified atom stereocenters. The Labute approximate surface area is 205 Å². The molecular weight excluding hydrogens is 440 g/mol. The fourth-order valence-corrected chi connectivity index (χ4v) is 4.59. The summed E-state index contributed by atoms with van der Waals surface area (Å²) < 4.78 is 2.00. The molecule has 1 atom stereocenters. The molecule has 0 aliphatic carbocycles. The van der Waals surface area contributed by atoms with E-state index in [2.05, 4.69) is 31.3 Å². The minimum absolute atomic E-state index is 0.310. The highest BCUT2D eigenvalue weighted by atomic mass is 16.2. The lowest BCUT2D eigenvalue weighted by molar-refractivity contribution is -0.130. The summed E-state index contributed by atoms with van der Waals surface area (Å²) in [6, 6.07) is 17.9. The molecule has 2 heterocycles. The van der Waals surface area contributed by atoms with Gasteiger partial charge in [0.1, 0.15) is 5.54 Å². The Morgan fingerprint density at radius 2 is 1.69 bits per heavy atom. The lowest BCUT2D eigenvalue weighted by Crippen LogP contribution is -2.41. The number of nitrogens with one attached hydrogen (secondary N) is 1. The fourth-order valence-electron chi connectivity index (χ4n) is 4.59. The van der Waals surface area contributed by atoms with Crippen LogP contribution in [0.25, 0.3) is 5.69 Å². The molecule has 1 aliphatic rings. The molecule has 1 N–H and O–H groups in total. The van der Waals surface area contributed by atoms with Gasteiger partial charge >= 0.3 is 6.03 Å². The van der Waals surface area contributed by atoms with Crippen molar-refractivity contribution in [1.82, 2.24) is 14.8 Å². The molecule has 0 saturated carbocycles. The first kappa shape index (κ1) is 24.0. The second-order valence-electron chi connectivity index (χ2n) is 9.43. The van der Waals surface area contributed by atoms with Crippen molar-refractivity contribution in [1.29, 1.82) is 5.26 Å². The Morgan fingerprint density at radius 3 is 2.26 bits per heavy atom. The van der Waals surface area contributed by atoms with Crippen molar-refractivity contribution in [3.63, 3.8) is 0 Å². The van der Waals surface area contributed by atoms with Crippen LogP contribution in [0.4, 0.5) is 4.79 Å². The van der Waals surface area contributed by atoms with Crippen molar-refractivity contribution in [3.05, 3.63) is 88.2 Å². The van der Waals surface area contributed by atoms with Gasteiger partial charge in [-0.1, -0.05) is 38.1 Å². The summed E-state index contributed by atoms with van der Waals surface area (Å²) >= 11 is 0. The average molecular weight is 469 g/mol. The third kappa shape index (κ3) is 4.12. The SMILES string of the molecule is Cc1cc(C(=O)CN2C(=O)NC(C)(c3ccc(C#N)cc3)C2=O)c(C)n1-c1ccc(C(C)C)cc1. The van der Waals surface area contributed by atoms with Crippen molar-refractivity contribution < 1.29 is 14.4 Å². The summed E-state index contributed by atoms with van der Waals surface area (Å²) in [6.45, 7) is 9.32. The van der Waals surface area contributed by atoms with Crippen LogP contribution >= 0.6 is 0 Å². The van der Waals surface area contributed by atoms with Gasteiger partial charge in [-0.05, 0) is 68.1 Å². The van der Waals surface area contributed by atoms with E-state index in [1.165, 1.54) is 5.56 Å². The molecule has 7 nitrogen and oxygen atoms in total. The highest BCUT2D eigenvalue weighted by Crippen LogP contribution is 2.30. The number of ketones is 1. The van der Waals surface area contributed by atoms with Gasteiger partial charge in [-0.25, -0.2) is 4.79 Å². The maximum Gasteiger partial charge on any atom is 0.325 e. The van der Waals surface area contributed by atoms with Gasteiger partial charge in [-0.3, -0.25) is 14.5 Å². The molecule has 1 aliphatic heterocycles. The quantitative estimate of drug-likeness (QED) is 0.418. The first-order chi connectivity index (χ1) is 16.6. The minimum Gasteiger partial charge on any atom is -0.319 e. The summed E-state index contributed by atoms with van der Waals surface area (Å²) in [5, 5.41) is 11.7. The standard InChI is InChI=1S/C28H28N4O3/c1-17(2)21-8-12-23(13-9-21)32-18(3)14-24(19(32)4)25(33)16-31-26(34)28(5,30-27(31)35)22-10-6-20(15-29)7-11-22/h6-14,17H,16H2,1-5H3,(H,30,35). The molecular formula is C28H28N4O3. The van der Waals surface area contributed by atoms with E-state index >= 15 is 0 Å². The van der Waals surface area contributed by atoms with Crippen molar-refractivity contribution in [3.8, 4) is 11.8 Å². The molecule has 0 bridgehead atoms. The Balaban J connectivity index is 1.58. The predicted molar refractivity (Wildman–Crippen MR) is 132 cm³/mol. The number of carbonyl (C=O) groups is 3. The number of imide groups is 1. The summed E-state index contributed by atoms with van der Waals surface area (Å²) in [4.78, 5) is 40.2. The van der Waals surface area contributed by atoms with Crippen LogP contribution in [0.5, 0.6) is 0 Å². The van der Waals surface area contributed by atoms with Gasteiger partial charge in [0.2, 0.25) is 0 Å². The average Bonchev–Trinajstić information content (AvgIpc) is 3.26. The molecule has 35 heavy (non-hydrogen) atoms. The number of hydrogen-bond acceptors (Lipinski definition) is 4. The molecule has 1 aromatic heterocycles. The number of urea groups is 1. The van der Waals surface area contributed by atoms with E-state index in [4.69, 9.17) is 5.26 Å². The van der Waals surface area contributed by atoms with Crippen LogP contribution in [0.15, 0.2) is 54.6 Å². The molecule has 4 rings (SSSR count). The maximum atomic E-state index is 13.3. The number of aromatic nitrogens is 1. The van der Waals surface area contributed by atoms with Crippen LogP contribution < -0.4 is 5.32 Å². The normalized spacial score (nSPS) is 17.6. The number of rotatable bonds is 6. The largest absolute Gasteiger partial charge is 0.325 e. The van der Waals surface area contributed by atoms with Crippen molar-refractivity contribution in [2.45, 2.75) is 46.1 Å². The van der Waals surface area contributed by atoms with Crippen LogP contribution in [-0.2, 0) is 10.3 Å². The van der Waals surface area contributed by atoms with Crippen LogP contribution in [0, 0.1) is 25.2 Å². The van der Waals surface area contributed by atoms with Crippen molar-refractivity contribution >= 4 is 17.7 Å². The number of aryl methyl sites for hydroxylation is 1. The summed E-state index contributed by atoms with van der Waals surface area (Å²) in [6.07, 6.45) is 0. The monoisotopic (exact) mass is 468 g/mol. The Hall–Kier alpha value is -4.18. The molecule has 0 radical (unpaired) electrons. The molecule has 3 aromatic rings. The van der Waals surface area contributed by atoms with E-state index in [1.807, 2.05) is 36.6 Å². The van der Waals surface area contributed by atoms with E-state index in [9.17, 15) is 14.4 Å². The van der Waals surface area contributed by atoms with Gasteiger partial charge in [0.25, 0.3) is 5.91 Å². The van der Waals surface area contributed by atoms with Crippen molar-refractivity contribution in [2.24, 2.45) is 0 Å². The molecule has 7 heteroatoms. The number of benzene rings is 2. The highest BCUT2D eigenvalue weighted by molar-refractivity contribution is 6.11. The van der Waals surface area contributed by atoms with Gasteiger partial charge in [0.15, 0.2) is 5.78 Å². The fraction of sp³-hybridized carbons (Fsp3) is 0.286. The van der Waals surface area contributed by atoms with Crippen LogP contribution in [0.1, 0.15) is 65.1 Å². The first-order valence-electron chi connectivity index (χ1n) is 11.5. The molecule has 2 aromatic carbocycles. The number of carbonyl (C=O) groups excluding carboxylic acids is 3. The summed E-state index contributed by atoms with van der Waals surface area (Å²) in [5.74, 6) is -0.387. The zero-order chi connectivity index (χ0) is 25.5. The Kier molecular flexibility index (Phi) is 6.08. The number of Topliss-reactive ketones (excluding diaryl/α,β-unsaturated/α-hetero) is 1. The number of amides is 3. The maximum absolute atomic E-state index is 13.3. The van der Waals surface area contributed by atoms with Crippen molar-refractivity contribution in [2.75, 3.05) is 6.54 Å². The molecule has 178 valence electrons. The van der Waals surface area contributed by atoms with E-state index in [1.54, 1.807) is 37.3 Å². The topological polar surface area (TPSA) is 95.2 Å².